The molecule has 0 spiro atoms. The first-order valence-corrected chi connectivity index (χ1v) is 7.92. The number of thioether (sulfide) groups is 1. The SMILES string of the molecule is Cc1ccc(NC(=O)CSc2nnc3ccccn23)c(C)c1. The number of aromatic nitrogens is 3. The maximum absolute atomic E-state index is 12.1. The van der Waals surface area contributed by atoms with Crippen LogP contribution >= 0.6 is 11.8 Å². The van der Waals surface area contributed by atoms with Gasteiger partial charge in [0.1, 0.15) is 0 Å². The molecule has 22 heavy (non-hydrogen) atoms. The number of carbonyl (C=O) groups is 1. The van der Waals surface area contributed by atoms with E-state index in [0.717, 1.165) is 16.9 Å². The summed E-state index contributed by atoms with van der Waals surface area (Å²) in [7, 11) is 0. The molecule has 3 rings (SSSR count). The number of amides is 1. The van der Waals surface area contributed by atoms with E-state index < -0.39 is 0 Å². The third kappa shape index (κ3) is 3.12. The Labute approximate surface area is 132 Å². The molecule has 0 aliphatic rings. The smallest absolute Gasteiger partial charge is 0.234 e. The first-order chi connectivity index (χ1) is 10.6. The molecule has 0 unspecified atom stereocenters. The number of carbonyl (C=O) groups excluding carboxylic acids is 1. The molecule has 1 aromatic carbocycles. The number of nitrogens with zero attached hydrogens (tertiary/aromatic N) is 3. The molecule has 0 saturated heterocycles. The van der Waals surface area contributed by atoms with Crippen LogP contribution in [0.25, 0.3) is 5.65 Å². The number of benzene rings is 1. The van der Waals surface area contributed by atoms with Crippen molar-refractivity contribution in [1.82, 2.24) is 14.6 Å². The molecule has 1 N–H and O–H groups in total. The molecule has 0 aliphatic carbocycles. The van der Waals surface area contributed by atoms with Gasteiger partial charge in [-0.1, -0.05) is 35.5 Å². The molecule has 0 saturated carbocycles. The van der Waals surface area contributed by atoms with Gasteiger partial charge < -0.3 is 5.32 Å². The molecule has 3 aromatic rings. The quantitative estimate of drug-likeness (QED) is 0.752. The van der Waals surface area contributed by atoms with Crippen LogP contribution < -0.4 is 5.32 Å². The first kappa shape index (κ1) is 14.6. The van der Waals surface area contributed by atoms with Crippen LogP contribution in [0.3, 0.4) is 0 Å². The number of pyridine rings is 1. The number of anilines is 1. The maximum atomic E-state index is 12.1. The van der Waals surface area contributed by atoms with E-state index in [2.05, 4.69) is 21.6 Å². The summed E-state index contributed by atoms with van der Waals surface area (Å²) in [4.78, 5) is 12.1. The third-order valence-electron chi connectivity index (χ3n) is 3.27. The maximum Gasteiger partial charge on any atom is 0.234 e. The molecule has 0 fully saturated rings. The van der Waals surface area contributed by atoms with Crippen LogP contribution in [-0.4, -0.2) is 26.3 Å². The highest BCUT2D eigenvalue weighted by Crippen LogP contribution is 2.19. The van der Waals surface area contributed by atoms with E-state index in [-0.39, 0.29) is 5.91 Å². The fourth-order valence-corrected chi connectivity index (χ4v) is 2.91. The van der Waals surface area contributed by atoms with Crippen LogP contribution in [0.2, 0.25) is 0 Å². The Hall–Kier alpha value is -2.34. The molecule has 0 bridgehead atoms. The van der Waals surface area contributed by atoms with Crippen LogP contribution in [0.1, 0.15) is 11.1 Å². The molecule has 112 valence electrons. The van der Waals surface area contributed by atoms with Gasteiger partial charge in [0.25, 0.3) is 0 Å². The van der Waals surface area contributed by atoms with Crippen LogP contribution in [0.15, 0.2) is 47.8 Å². The predicted octanol–water partition coefficient (Wildman–Crippen LogP) is 3.08. The number of hydrogen-bond donors (Lipinski definition) is 1. The molecular formula is C16H16N4OS. The average molecular weight is 312 g/mol. The first-order valence-electron chi connectivity index (χ1n) is 6.93. The molecule has 0 radical (unpaired) electrons. The average Bonchev–Trinajstić information content (AvgIpc) is 2.91. The van der Waals surface area contributed by atoms with E-state index >= 15 is 0 Å². The van der Waals surface area contributed by atoms with Gasteiger partial charge in [-0.2, -0.15) is 0 Å². The highest BCUT2D eigenvalue weighted by atomic mass is 32.2. The standard InChI is InChI=1S/C16H16N4OS/c1-11-6-7-13(12(2)9-11)17-15(21)10-22-16-19-18-14-5-3-4-8-20(14)16/h3-9H,10H2,1-2H3,(H,17,21). The van der Waals surface area contributed by atoms with Gasteiger partial charge in [-0.05, 0) is 37.6 Å². The number of nitrogens with one attached hydrogen (secondary N) is 1. The van der Waals surface area contributed by atoms with Crippen molar-refractivity contribution in [3.63, 3.8) is 0 Å². The Morgan fingerprint density at radius 1 is 1.23 bits per heavy atom. The summed E-state index contributed by atoms with van der Waals surface area (Å²) in [5.41, 5.74) is 3.87. The van der Waals surface area contributed by atoms with Crippen LogP contribution in [0.5, 0.6) is 0 Å². The summed E-state index contributed by atoms with van der Waals surface area (Å²) >= 11 is 1.37. The van der Waals surface area contributed by atoms with E-state index in [1.54, 1.807) is 0 Å². The Bertz CT molecular complexity index is 828. The van der Waals surface area contributed by atoms with Crippen molar-refractivity contribution in [1.29, 1.82) is 0 Å². The topological polar surface area (TPSA) is 59.3 Å². The lowest BCUT2D eigenvalue weighted by Crippen LogP contribution is -2.15. The summed E-state index contributed by atoms with van der Waals surface area (Å²) in [6, 6.07) is 11.7. The van der Waals surface area contributed by atoms with Gasteiger partial charge in [0.05, 0.1) is 5.75 Å². The number of aryl methyl sites for hydroxylation is 2. The molecule has 5 nitrogen and oxygen atoms in total. The van der Waals surface area contributed by atoms with E-state index in [1.807, 2.05) is 54.8 Å². The van der Waals surface area contributed by atoms with Crippen molar-refractivity contribution in [2.45, 2.75) is 19.0 Å². The zero-order valence-corrected chi connectivity index (χ0v) is 13.2. The summed E-state index contributed by atoms with van der Waals surface area (Å²) in [6.07, 6.45) is 1.89. The van der Waals surface area contributed by atoms with Gasteiger partial charge in [0.15, 0.2) is 10.8 Å². The second-order valence-electron chi connectivity index (χ2n) is 5.07. The summed E-state index contributed by atoms with van der Waals surface area (Å²) in [5, 5.41) is 11.8. The molecule has 0 atom stereocenters. The molecular weight excluding hydrogens is 296 g/mol. The van der Waals surface area contributed by atoms with E-state index in [9.17, 15) is 4.79 Å². The van der Waals surface area contributed by atoms with Crippen LogP contribution in [0, 0.1) is 13.8 Å². The molecule has 0 aliphatic heterocycles. The van der Waals surface area contributed by atoms with E-state index in [0.29, 0.717) is 10.9 Å². The predicted molar refractivity (Wildman–Crippen MR) is 88.3 cm³/mol. The van der Waals surface area contributed by atoms with Gasteiger partial charge in [-0.3, -0.25) is 9.20 Å². The lowest BCUT2D eigenvalue weighted by atomic mass is 10.1. The van der Waals surface area contributed by atoms with Crippen molar-refractivity contribution in [3.05, 3.63) is 53.7 Å². The zero-order chi connectivity index (χ0) is 15.5. The Morgan fingerprint density at radius 3 is 2.91 bits per heavy atom. The number of hydrogen-bond acceptors (Lipinski definition) is 4. The normalized spacial score (nSPS) is 10.8. The van der Waals surface area contributed by atoms with Gasteiger partial charge in [0, 0.05) is 11.9 Å². The lowest BCUT2D eigenvalue weighted by molar-refractivity contribution is -0.113. The lowest BCUT2D eigenvalue weighted by Gasteiger charge is -2.08. The molecule has 1 amide bonds. The van der Waals surface area contributed by atoms with Crippen molar-refractivity contribution >= 4 is 29.0 Å². The highest BCUT2D eigenvalue weighted by Gasteiger charge is 2.10. The van der Waals surface area contributed by atoms with Crippen molar-refractivity contribution in [3.8, 4) is 0 Å². The second kappa shape index (κ2) is 6.19. The second-order valence-corrected chi connectivity index (χ2v) is 6.01. The minimum absolute atomic E-state index is 0.0513. The number of rotatable bonds is 4. The fourth-order valence-electron chi connectivity index (χ4n) is 2.19. The van der Waals surface area contributed by atoms with Crippen LogP contribution in [0.4, 0.5) is 5.69 Å². The largest absolute Gasteiger partial charge is 0.325 e. The van der Waals surface area contributed by atoms with Crippen molar-refractivity contribution < 1.29 is 4.79 Å². The van der Waals surface area contributed by atoms with Gasteiger partial charge in [-0.25, -0.2) is 0 Å². The minimum atomic E-state index is -0.0513. The van der Waals surface area contributed by atoms with Gasteiger partial charge >= 0.3 is 0 Å². The van der Waals surface area contributed by atoms with Crippen molar-refractivity contribution in [2.24, 2.45) is 0 Å². The minimum Gasteiger partial charge on any atom is -0.325 e. The van der Waals surface area contributed by atoms with Gasteiger partial charge in [-0.15, -0.1) is 10.2 Å². The Kier molecular flexibility index (Phi) is 4.11. The van der Waals surface area contributed by atoms with E-state index in [4.69, 9.17) is 0 Å². The molecule has 2 heterocycles. The third-order valence-corrected chi connectivity index (χ3v) is 4.21. The summed E-state index contributed by atoms with van der Waals surface area (Å²) in [6.45, 7) is 4.02. The van der Waals surface area contributed by atoms with Gasteiger partial charge in [0.2, 0.25) is 5.91 Å². The van der Waals surface area contributed by atoms with Crippen molar-refractivity contribution in [2.75, 3.05) is 11.1 Å². The monoisotopic (exact) mass is 312 g/mol. The molecule has 2 aromatic heterocycles. The fraction of sp³-hybridized carbons (Fsp3) is 0.188. The zero-order valence-electron chi connectivity index (χ0n) is 12.4. The summed E-state index contributed by atoms with van der Waals surface area (Å²) in [5.74, 6) is 0.243. The Balaban J connectivity index is 1.65. The summed E-state index contributed by atoms with van der Waals surface area (Å²) < 4.78 is 1.87. The van der Waals surface area contributed by atoms with Crippen LogP contribution in [-0.2, 0) is 4.79 Å². The van der Waals surface area contributed by atoms with E-state index in [1.165, 1.54) is 17.3 Å². The number of fused-ring (bicyclic) bond motifs is 1. The highest BCUT2D eigenvalue weighted by molar-refractivity contribution is 7.99. The molecule has 6 heteroatoms. The Morgan fingerprint density at radius 2 is 2.09 bits per heavy atom.